The molecule has 1 saturated heterocycles. The van der Waals surface area contributed by atoms with Crippen LogP contribution in [0.3, 0.4) is 0 Å². The van der Waals surface area contributed by atoms with E-state index in [4.69, 9.17) is 0 Å². The summed E-state index contributed by atoms with van der Waals surface area (Å²) in [6.07, 6.45) is 0.791. The van der Waals surface area contributed by atoms with Gasteiger partial charge in [0.1, 0.15) is 0 Å². The van der Waals surface area contributed by atoms with Crippen LogP contribution >= 0.6 is 0 Å². The highest BCUT2D eigenvalue weighted by Gasteiger charge is 2.22. The number of urea groups is 1. The largest absolute Gasteiger partial charge is 0.545 e. The van der Waals surface area contributed by atoms with Crippen molar-refractivity contribution in [1.82, 2.24) is 15.5 Å². The van der Waals surface area contributed by atoms with Gasteiger partial charge in [0.2, 0.25) is 5.91 Å². The fourth-order valence-electron chi connectivity index (χ4n) is 1.71. The van der Waals surface area contributed by atoms with E-state index in [2.05, 4.69) is 10.6 Å². The Morgan fingerprint density at radius 2 is 2.20 bits per heavy atom. The molecule has 3 N–H and O–H groups in total. The highest BCUT2D eigenvalue weighted by Crippen LogP contribution is 2.14. The molecule has 1 fully saturated rings. The molecule has 0 aromatic carbocycles. The van der Waals surface area contributed by atoms with Crippen LogP contribution in [0.2, 0.25) is 0 Å². The summed E-state index contributed by atoms with van der Waals surface area (Å²) in [4.78, 5) is 35.1. The first-order valence-corrected chi connectivity index (χ1v) is 6.18. The van der Waals surface area contributed by atoms with Gasteiger partial charge in [0.25, 0.3) is 0 Å². The molecule has 1 aliphatic rings. The van der Waals surface area contributed by atoms with E-state index in [0.717, 1.165) is 6.08 Å². The molecule has 0 bridgehead atoms. The fraction of sp³-hybridized carbons (Fsp3) is 0.583. The topological polar surface area (TPSA) is 122 Å². The van der Waals surface area contributed by atoms with Crippen molar-refractivity contribution in [3.05, 3.63) is 11.6 Å². The average molecular weight is 284 g/mol. The Bertz CT molecular complexity index is 439. The number of rotatable bonds is 6. The minimum absolute atomic E-state index is 0.189. The lowest BCUT2D eigenvalue weighted by Gasteiger charge is -2.22. The van der Waals surface area contributed by atoms with Crippen LogP contribution in [0.15, 0.2) is 11.6 Å². The van der Waals surface area contributed by atoms with Gasteiger partial charge in [0.15, 0.2) is 0 Å². The van der Waals surface area contributed by atoms with E-state index in [0.29, 0.717) is 19.6 Å². The molecule has 0 spiro atoms. The van der Waals surface area contributed by atoms with Crippen molar-refractivity contribution >= 4 is 17.9 Å². The van der Waals surface area contributed by atoms with Crippen LogP contribution < -0.4 is 15.7 Å². The number of aliphatic carboxylic acids is 1. The number of hydrogen-bond donors (Lipinski definition) is 3. The number of carbonyl (C=O) groups is 3. The molecule has 1 aliphatic heterocycles. The normalized spacial score (nSPS) is 16.1. The van der Waals surface area contributed by atoms with Crippen LogP contribution in [0.1, 0.15) is 13.8 Å². The molecular formula is C12H18N3O5-. The second kappa shape index (κ2) is 6.38. The monoisotopic (exact) mass is 284 g/mol. The van der Waals surface area contributed by atoms with Gasteiger partial charge in [-0.15, -0.1) is 0 Å². The molecule has 0 aliphatic carbocycles. The van der Waals surface area contributed by atoms with Gasteiger partial charge >= 0.3 is 6.03 Å². The molecule has 112 valence electrons. The van der Waals surface area contributed by atoms with Gasteiger partial charge in [-0.05, 0) is 13.8 Å². The van der Waals surface area contributed by atoms with Gasteiger partial charge in [-0.3, -0.25) is 4.79 Å². The minimum atomic E-state index is -1.68. The zero-order chi connectivity index (χ0) is 15.3. The first-order valence-electron chi connectivity index (χ1n) is 6.18. The van der Waals surface area contributed by atoms with Crippen molar-refractivity contribution in [2.24, 2.45) is 0 Å². The predicted molar refractivity (Wildman–Crippen MR) is 67.4 cm³/mol. The minimum Gasteiger partial charge on any atom is -0.545 e. The van der Waals surface area contributed by atoms with Crippen molar-refractivity contribution in [3.8, 4) is 0 Å². The van der Waals surface area contributed by atoms with E-state index in [9.17, 15) is 24.6 Å². The number of amides is 3. The van der Waals surface area contributed by atoms with Gasteiger partial charge in [0, 0.05) is 37.8 Å². The number of nitrogens with zero attached hydrogens (tertiary/aromatic N) is 1. The summed E-state index contributed by atoms with van der Waals surface area (Å²) in [5.74, 6) is -2.27. The molecule has 3 amide bonds. The molecule has 1 heterocycles. The molecule has 1 rings (SSSR count). The molecule has 8 nitrogen and oxygen atoms in total. The zero-order valence-electron chi connectivity index (χ0n) is 11.4. The smallest absolute Gasteiger partial charge is 0.317 e. The summed E-state index contributed by atoms with van der Waals surface area (Å²) >= 11 is 0. The maximum atomic E-state index is 11.6. The SMILES string of the molecule is CC(C)(O)/C(=C/C(=O)NCCN1CCNC1=O)C(=O)[O-]. The van der Waals surface area contributed by atoms with Gasteiger partial charge in [0.05, 0.1) is 11.6 Å². The lowest BCUT2D eigenvalue weighted by Crippen LogP contribution is -2.39. The Balaban J connectivity index is 2.49. The van der Waals surface area contributed by atoms with E-state index < -0.39 is 23.1 Å². The number of aliphatic hydroxyl groups is 1. The van der Waals surface area contributed by atoms with E-state index in [1.165, 1.54) is 18.7 Å². The number of carbonyl (C=O) groups excluding carboxylic acids is 3. The zero-order valence-corrected chi connectivity index (χ0v) is 11.4. The van der Waals surface area contributed by atoms with Gasteiger partial charge in [-0.2, -0.15) is 0 Å². The molecular weight excluding hydrogens is 266 g/mol. The van der Waals surface area contributed by atoms with Crippen LogP contribution in [0, 0.1) is 0 Å². The Morgan fingerprint density at radius 3 is 2.65 bits per heavy atom. The first-order chi connectivity index (χ1) is 9.21. The summed E-state index contributed by atoms with van der Waals surface area (Å²) in [5, 5.41) is 25.5. The summed E-state index contributed by atoms with van der Waals surface area (Å²) in [7, 11) is 0. The van der Waals surface area contributed by atoms with Crippen LogP contribution in [0.25, 0.3) is 0 Å². The number of carboxylic acids is 1. The lowest BCUT2D eigenvalue weighted by molar-refractivity contribution is -0.301. The molecule has 20 heavy (non-hydrogen) atoms. The van der Waals surface area contributed by atoms with Crippen molar-refractivity contribution in [1.29, 1.82) is 0 Å². The van der Waals surface area contributed by atoms with Crippen molar-refractivity contribution in [2.75, 3.05) is 26.2 Å². The van der Waals surface area contributed by atoms with Crippen molar-refractivity contribution < 1.29 is 24.6 Å². The number of nitrogens with one attached hydrogen (secondary N) is 2. The highest BCUT2D eigenvalue weighted by molar-refractivity contribution is 5.98. The second-order valence-corrected chi connectivity index (χ2v) is 4.91. The van der Waals surface area contributed by atoms with Crippen LogP contribution in [0.5, 0.6) is 0 Å². The van der Waals surface area contributed by atoms with Crippen LogP contribution in [0.4, 0.5) is 4.79 Å². The molecule has 0 aromatic rings. The number of carboxylic acid groups (broad SMARTS) is 1. The summed E-state index contributed by atoms with van der Waals surface area (Å²) in [5.41, 5.74) is -2.18. The summed E-state index contributed by atoms with van der Waals surface area (Å²) in [6.45, 7) is 4.15. The van der Waals surface area contributed by atoms with Crippen LogP contribution in [-0.2, 0) is 9.59 Å². The molecule has 0 unspecified atom stereocenters. The maximum Gasteiger partial charge on any atom is 0.317 e. The lowest BCUT2D eigenvalue weighted by atomic mass is 9.98. The molecule has 0 atom stereocenters. The third-order valence-electron chi connectivity index (χ3n) is 2.78. The second-order valence-electron chi connectivity index (χ2n) is 4.91. The maximum absolute atomic E-state index is 11.6. The van der Waals surface area contributed by atoms with Crippen LogP contribution in [-0.4, -0.2) is 59.7 Å². The van der Waals surface area contributed by atoms with Gasteiger partial charge in [-0.1, -0.05) is 0 Å². The Hall–Kier alpha value is -2.09. The van der Waals surface area contributed by atoms with E-state index in [1.807, 2.05) is 0 Å². The Labute approximate surface area is 116 Å². The molecule has 0 radical (unpaired) electrons. The summed E-state index contributed by atoms with van der Waals surface area (Å²) < 4.78 is 0. The van der Waals surface area contributed by atoms with Crippen molar-refractivity contribution in [3.63, 3.8) is 0 Å². The highest BCUT2D eigenvalue weighted by atomic mass is 16.4. The Kier molecular flexibility index (Phi) is 5.09. The Morgan fingerprint density at radius 1 is 1.55 bits per heavy atom. The van der Waals surface area contributed by atoms with Crippen molar-refractivity contribution in [2.45, 2.75) is 19.4 Å². The summed E-state index contributed by atoms with van der Waals surface area (Å²) in [6, 6.07) is -0.193. The average Bonchev–Trinajstić information content (AvgIpc) is 2.70. The first kappa shape index (κ1) is 16.0. The van der Waals surface area contributed by atoms with E-state index in [1.54, 1.807) is 0 Å². The third kappa shape index (κ3) is 4.54. The van der Waals surface area contributed by atoms with Gasteiger partial charge < -0.3 is 30.5 Å². The van der Waals surface area contributed by atoms with Gasteiger partial charge in [-0.25, -0.2) is 4.79 Å². The molecule has 0 saturated carbocycles. The van der Waals surface area contributed by atoms with E-state index in [-0.39, 0.29) is 12.6 Å². The quantitative estimate of drug-likeness (QED) is 0.468. The standard InChI is InChI=1S/C12H19N3O5/c1-12(2,20)8(10(17)18)7-9(16)13-3-5-15-6-4-14-11(15)19/h7,20H,3-6H2,1-2H3,(H,13,16)(H,14,19)(H,17,18)/p-1/b8-7+. The number of hydrogen-bond acceptors (Lipinski definition) is 5. The molecule has 0 aromatic heterocycles. The fourth-order valence-corrected chi connectivity index (χ4v) is 1.71. The third-order valence-corrected chi connectivity index (χ3v) is 2.78. The molecule has 8 heteroatoms. The predicted octanol–water partition coefficient (Wildman–Crippen LogP) is -2.42. The van der Waals surface area contributed by atoms with E-state index >= 15 is 0 Å².